The number of ether oxygens (including phenoxy) is 2. The van der Waals surface area contributed by atoms with Crippen molar-refractivity contribution >= 4 is 9.52 Å². The monoisotopic (exact) mass is 191 g/mol. The number of rotatable bonds is 6. The standard InChI is InChI=1S/C8H21NO2Si/c1-6(7(2)9)5-12-8(10-3)11-4/h6-8H,5,9,12H2,1-4H3. The van der Waals surface area contributed by atoms with Gasteiger partial charge in [0.2, 0.25) is 0 Å². The van der Waals surface area contributed by atoms with E-state index in [1.54, 1.807) is 14.2 Å². The molecule has 0 aromatic rings. The minimum atomic E-state index is -0.289. The fourth-order valence-corrected chi connectivity index (χ4v) is 2.79. The van der Waals surface area contributed by atoms with Gasteiger partial charge in [-0.15, -0.1) is 0 Å². The molecule has 0 fully saturated rings. The minimum Gasteiger partial charge on any atom is -0.360 e. The van der Waals surface area contributed by atoms with Crippen molar-refractivity contribution in [2.75, 3.05) is 14.2 Å². The molecule has 12 heavy (non-hydrogen) atoms. The third-order valence-corrected chi connectivity index (χ3v) is 4.66. The van der Waals surface area contributed by atoms with E-state index in [2.05, 4.69) is 6.92 Å². The highest BCUT2D eigenvalue weighted by atomic mass is 28.2. The number of hydrogen-bond acceptors (Lipinski definition) is 3. The van der Waals surface area contributed by atoms with Gasteiger partial charge in [0.05, 0.1) is 9.52 Å². The molecule has 0 amide bonds. The van der Waals surface area contributed by atoms with E-state index in [0.717, 1.165) is 0 Å². The van der Waals surface area contributed by atoms with E-state index in [0.29, 0.717) is 5.92 Å². The van der Waals surface area contributed by atoms with Gasteiger partial charge < -0.3 is 15.2 Å². The van der Waals surface area contributed by atoms with E-state index in [4.69, 9.17) is 15.2 Å². The summed E-state index contributed by atoms with van der Waals surface area (Å²) in [6, 6.07) is 1.47. The van der Waals surface area contributed by atoms with Gasteiger partial charge in [0, 0.05) is 20.3 Å². The smallest absolute Gasteiger partial charge is 0.134 e. The highest BCUT2D eigenvalue weighted by Crippen LogP contribution is 2.07. The molecule has 0 bridgehead atoms. The zero-order valence-electron chi connectivity index (χ0n) is 8.54. The topological polar surface area (TPSA) is 44.5 Å². The first-order chi connectivity index (χ1) is 5.61. The molecule has 0 spiro atoms. The van der Waals surface area contributed by atoms with Crippen molar-refractivity contribution in [1.29, 1.82) is 0 Å². The van der Waals surface area contributed by atoms with Gasteiger partial charge in [0.1, 0.15) is 5.91 Å². The van der Waals surface area contributed by atoms with Crippen LogP contribution in [0.2, 0.25) is 6.04 Å². The molecule has 0 saturated heterocycles. The first-order valence-corrected chi connectivity index (χ1v) is 6.24. The van der Waals surface area contributed by atoms with Crippen molar-refractivity contribution in [3.8, 4) is 0 Å². The SMILES string of the molecule is COC(OC)[SiH2]CC(C)C(C)N. The molecule has 4 heteroatoms. The largest absolute Gasteiger partial charge is 0.360 e. The van der Waals surface area contributed by atoms with Crippen molar-refractivity contribution in [2.24, 2.45) is 11.7 Å². The highest BCUT2D eigenvalue weighted by Gasteiger charge is 2.12. The van der Waals surface area contributed by atoms with Crippen molar-refractivity contribution in [1.82, 2.24) is 0 Å². The Balaban J connectivity index is 3.51. The molecule has 0 aromatic carbocycles. The summed E-state index contributed by atoms with van der Waals surface area (Å²) in [6.07, 6.45) is 0. The lowest BCUT2D eigenvalue weighted by molar-refractivity contribution is -0.0443. The summed E-state index contributed by atoms with van der Waals surface area (Å²) in [5.74, 6) is 0.649. The average Bonchev–Trinajstić information content (AvgIpc) is 2.05. The summed E-state index contributed by atoms with van der Waals surface area (Å²) >= 11 is 0. The minimum absolute atomic E-state index is 0.0613. The molecular formula is C8H21NO2Si. The second-order valence-corrected chi connectivity index (χ2v) is 5.14. The van der Waals surface area contributed by atoms with Crippen molar-refractivity contribution in [3.05, 3.63) is 0 Å². The molecule has 0 rings (SSSR count). The molecule has 2 unspecified atom stereocenters. The number of methoxy groups -OCH3 is 2. The summed E-state index contributed by atoms with van der Waals surface area (Å²) in [5.41, 5.74) is 5.75. The van der Waals surface area contributed by atoms with Gasteiger partial charge in [-0.05, 0) is 12.8 Å². The molecule has 2 atom stereocenters. The average molecular weight is 191 g/mol. The third kappa shape index (κ3) is 4.87. The van der Waals surface area contributed by atoms with Gasteiger partial charge in [-0.1, -0.05) is 13.0 Å². The van der Waals surface area contributed by atoms with Crippen LogP contribution < -0.4 is 5.73 Å². The lowest BCUT2D eigenvalue weighted by Gasteiger charge is -2.18. The molecule has 0 aromatic heterocycles. The second kappa shape index (κ2) is 6.60. The fraction of sp³-hybridized carbons (Fsp3) is 1.00. The molecule has 0 saturated carbocycles. The molecule has 3 nitrogen and oxygen atoms in total. The summed E-state index contributed by atoms with van der Waals surface area (Å²) < 4.78 is 10.3. The van der Waals surface area contributed by atoms with E-state index in [-0.39, 0.29) is 21.5 Å². The van der Waals surface area contributed by atoms with Crippen LogP contribution in [0.15, 0.2) is 0 Å². The third-order valence-electron chi connectivity index (χ3n) is 2.28. The maximum absolute atomic E-state index is 5.75. The highest BCUT2D eigenvalue weighted by molar-refractivity contribution is 6.36. The quantitative estimate of drug-likeness (QED) is 0.479. The molecular weight excluding hydrogens is 170 g/mol. The van der Waals surface area contributed by atoms with Crippen molar-refractivity contribution < 1.29 is 9.47 Å². The number of hydrogen-bond donors (Lipinski definition) is 1. The van der Waals surface area contributed by atoms with Crippen molar-refractivity contribution in [3.63, 3.8) is 0 Å². The van der Waals surface area contributed by atoms with E-state index < -0.39 is 0 Å². The summed E-state index contributed by atoms with van der Waals surface area (Å²) in [6.45, 7) is 4.23. The van der Waals surface area contributed by atoms with E-state index in [1.165, 1.54) is 6.04 Å². The van der Waals surface area contributed by atoms with Crippen LogP contribution in [0.25, 0.3) is 0 Å². The second-order valence-electron chi connectivity index (χ2n) is 3.31. The predicted molar refractivity (Wildman–Crippen MR) is 54.0 cm³/mol. The Hall–Kier alpha value is 0.0969. The molecule has 0 aliphatic rings. The van der Waals surface area contributed by atoms with Gasteiger partial charge in [-0.2, -0.15) is 0 Å². The van der Waals surface area contributed by atoms with E-state index in [9.17, 15) is 0 Å². The normalized spacial score (nSPS) is 17.5. The summed E-state index contributed by atoms with van der Waals surface area (Å²) in [4.78, 5) is 0. The van der Waals surface area contributed by atoms with Crippen molar-refractivity contribution in [2.45, 2.75) is 31.8 Å². The Morgan fingerprint density at radius 2 is 1.75 bits per heavy atom. The first kappa shape index (κ1) is 12.1. The van der Waals surface area contributed by atoms with Crippen LogP contribution in [0.1, 0.15) is 13.8 Å². The Morgan fingerprint density at radius 3 is 2.08 bits per heavy atom. The lowest BCUT2D eigenvalue weighted by Crippen LogP contribution is -2.29. The van der Waals surface area contributed by atoms with Gasteiger partial charge >= 0.3 is 0 Å². The van der Waals surface area contributed by atoms with E-state index >= 15 is 0 Å². The van der Waals surface area contributed by atoms with Crippen LogP contribution in [0.4, 0.5) is 0 Å². The Bertz CT molecular complexity index is 105. The predicted octanol–water partition coefficient (Wildman–Crippen LogP) is 0.133. The Labute approximate surface area is 77.4 Å². The van der Waals surface area contributed by atoms with Crippen LogP contribution in [-0.2, 0) is 9.47 Å². The van der Waals surface area contributed by atoms with Gasteiger partial charge in [-0.25, -0.2) is 0 Å². The van der Waals surface area contributed by atoms with Crippen LogP contribution >= 0.6 is 0 Å². The zero-order valence-corrected chi connectivity index (χ0v) is 9.95. The van der Waals surface area contributed by atoms with Crippen LogP contribution in [-0.4, -0.2) is 35.7 Å². The fourth-order valence-electron chi connectivity index (χ4n) is 0.994. The van der Waals surface area contributed by atoms with Gasteiger partial charge in [0.25, 0.3) is 0 Å². The van der Waals surface area contributed by atoms with Crippen LogP contribution in [0.5, 0.6) is 0 Å². The Kier molecular flexibility index (Phi) is 6.65. The molecule has 0 heterocycles. The maximum atomic E-state index is 5.75. The van der Waals surface area contributed by atoms with Crippen LogP contribution in [0, 0.1) is 5.92 Å². The van der Waals surface area contributed by atoms with Gasteiger partial charge in [-0.3, -0.25) is 0 Å². The molecule has 0 aliphatic heterocycles. The van der Waals surface area contributed by atoms with Crippen LogP contribution in [0.3, 0.4) is 0 Å². The summed E-state index contributed by atoms with van der Waals surface area (Å²) in [5, 5.41) is 0. The van der Waals surface area contributed by atoms with Gasteiger partial charge in [0.15, 0.2) is 0 Å². The van der Waals surface area contributed by atoms with E-state index in [1.807, 2.05) is 6.92 Å². The summed E-state index contributed by atoms with van der Waals surface area (Å²) in [7, 11) is 3.09. The lowest BCUT2D eigenvalue weighted by atomic mass is 10.1. The first-order valence-electron chi connectivity index (χ1n) is 4.43. The maximum Gasteiger partial charge on any atom is 0.134 e. The molecule has 0 radical (unpaired) electrons. The number of nitrogens with two attached hydrogens (primary N) is 1. The molecule has 74 valence electrons. The zero-order chi connectivity index (χ0) is 9.56. The molecule has 2 N–H and O–H groups in total. The molecule has 0 aliphatic carbocycles. The Morgan fingerprint density at radius 1 is 1.25 bits per heavy atom.